The molecular weight excluding hydrogens is 309 g/mol. The Morgan fingerprint density at radius 3 is 2.45 bits per heavy atom. The molecule has 1 aliphatic heterocycles. The Balaban J connectivity index is 2.84. The van der Waals surface area contributed by atoms with E-state index in [1.807, 2.05) is 5.32 Å². The van der Waals surface area contributed by atoms with E-state index < -0.39 is 46.7 Å². The van der Waals surface area contributed by atoms with Crippen LogP contribution in [-0.4, -0.2) is 12.3 Å². The molecule has 22 heavy (non-hydrogen) atoms. The molecule has 1 aromatic rings. The Morgan fingerprint density at radius 1 is 1.27 bits per heavy atom. The summed E-state index contributed by atoms with van der Waals surface area (Å²) in [4.78, 5) is 11.4. The number of nitrogens with one attached hydrogen (secondary N) is 1. The first-order valence-corrected chi connectivity index (χ1v) is 6.16. The van der Waals surface area contributed by atoms with Gasteiger partial charge in [0.05, 0.1) is 11.3 Å². The third kappa shape index (κ3) is 2.47. The number of hydrogen-bond donors (Lipinski definition) is 1. The van der Waals surface area contributed by atoms with Crippen molar-refractivity contribution in [2.75, 3.05) is 5.32 Å². The fourth-order valence-electron chi connectivity index (χ4n) is 1.93. The molecule has 1 aromatic carbocycles. The van der Waals surface area contributed by atoms with Crippen LogP contribution in [0.5, 0.6) is 0 Å². The first-order valence-electron chi connectivity index (χ1n) is 6.16. The zero-order chi connectivity index (χ0) is 16.7. The molecule has 0 radical (unpaired) electrons. The number of carbonyl (C=O) groups is 1. The van der Waals surface area contributed by atoms with Crippen molar-refractivity contribution in [1.29, 1.82) is 0 Å². The summed E-state index contributed by atoms with van der Waals surface area (Å²) in [6.07, 6.45) is -6.70. The number of anilines is 1. The van der Waals surface area contributed by atoms with Crippen LogP contribution in [0.2, 0.25) is 0 Å². The van der Waals surface area contributed by atoms with Crippen LogP contribution < -0.4 is 5.32 Å². The van der Waals surface area contributed by atoms with E-state index >= 15 is 0 Å². The highest BCUT2D eigenvalue weighted by Crippen LogP contribution is 2.48. The number of fused-ring (bicyclic) bond motifs is 1. The highest BCUT2D eigenvalue weighted by atomic mass is 19.4. The first kappa shape index (κ1) is 16.1. The van der Waals surface area contributed by atoms with Gasteiger partial charge in [0, 0.05) is 5.92 Å². The van der Waals surface area contributed by atoms with Crippen molar-refractivity contribution in [3.05, 3.63) is 29.3 Å². The van der Waals surface area contributed by atoms with E-state index in [2.05, 4.69) is 10.7 Å². The smallest absolute Gasteiger partial charge is 0.415 e. The molecule has 0 saturated heterocycles. The summed E-state index contributed by atoms with van der Waals surface area (Å²) in [5.74, 6) is 0.193. The predicted octanol–water partition coefficient (Wildman–Crippen LogP) is 3.94. The van der Waals surface area contributed by atoms with E-state index in [0.717, 1.165) is 6.07 Å². The molecule has 0 aromatic heterocycles. The summed E-state index contributed by atoms with van der Waals surface area (Å²) >= 11 is 0. The number of hydrogen-bond acceptors (Lipinski definition) is 2. The van der Waals surface area contributed by atoms with E-state index in [1.165, 1.54) is 13.8 Å². The topological polar surface area (TPSA) is 38.3 Å². The van der Waals surface area contributed by atoms with Gasteiger partial charge in [0.15, 0.2) is 11.6 Å². The van der Waals surface area contributed by atoms with Crippen LogP contribution in [0.1, 0.15) is 19.4 Å². The molecule has 8 heteroatoms. The molecule has 0 bridgehead atoms. The summed E-state index contributed by atoms with van der Waals surface area (Å²) in [5, 5.41) is 1.91. The minimum atomic E-state index is -5.25. The second-order valence-electron chi connectivity index (χ2n) is 4.90. The lowest BCUT2D eigenvalue weighted by atomic mass is 9.89. The lowest BCUT2D eigenvalue weighted by Crippen LogP contribution is -2.50. The highest BCUT2D eigenvalue weighted by Gasteiger charge is 2.63. The van der Waals surface area contributed by atoms with Crippen molar-refractivity contribution in [2.45, 2.75) is 25.6 Å². The van der Waals surface area contributed by atoms with E-state index in [0.29, 0.717) is 6.07 Å². The Kier molecular flexibility index (Phi) is 3.77. The predicted molar refractivity (Wildman–Crippen MR) is 66.8 cm³/mol. The lowest BCUT2D eigenvalue weighted by molar-refractivity contribution is -0.240. The van der Waals surface area contributed by atoms with Gasteiger partial charge < -0.3 is 4.74 Å². The zero-order valence-electron chi connectivity index (χ0n) is 11.4. The SMILES string of the molecule is CC(C)C#CC1(C(F)(F)F)OC(=O)Nc2ccc(F)c(F)c21. The van der Waals surface area contributed by atoms with Crippen molar-refractivity contribution in [1.82, 2.24) is 0 Å². The molecule has 3 nitrogen and oxygen atoms in total. The van der Waals surface area contributed by atoms with Gasteiger partial charge in [-0.2, -0.15) is 13.2 Å². The number of cyclic esters (lactones) is 1. The molecule has 0 fully saturated rings. The molecule has 1 N–H and O–H groups in total. The summed E-state index contributed by atoms with van der Waals surface area (Å²) in [5.41, 5.74) is -5.28. The molecule has 1 atom stereocenters. The van der Waals surface area contributed by atoms with Gasteiger partial charge >= 0.3 is 12.3 Å². The van der Waals surface area contributed by atoms with Gasteiger partial charge in [0.25, 0.3) is 5.60 Å². The maximum atomic E-state index is 14.0. The maximum absolute atomic E-state index is 14.0. The average Bonchev–Trinajstić information content (AvgIpc) is 2.38. The third-order valence-electron chi connectivity index (χ3n) is 2.87. The number of benzene rings is 1. The van der Waals surface area contributed by atoms with Crippen molar-refractivity contribution >= 4 is 11.8 Å². The largest absolute Gasteiger partial charge is 0.445 e. The standard InChI is InChI=1S/C14H10F5NO2/c1-7(2)5-6-13(14(17,18)19)10-9(20-12(21)22-13)4-3-8(15)11(10)16/h3-4,7H,1-2H3,(H,20,21). The van der Waals surface area contributed by atoms with Gasteiger partial charge in [0.2, 0.25) is 0 Å². The van der Waals surface area contributed by atoms with E-state index in [1.54, 1.807) is 5.92 Å². The van der Waals surface area contributed by atoms with E-state index in [4.69, 9.17) is 0 Å². The number of ether oxygens (including phenoxy) is 1. The number of carbonyl (C=O) groups excluding carboxylic acids is 1. The van der Waals surface area contributed by atoms with Gasteiger partial charge in [-0.1, -0.05) is 19.8 Å². The van der Waals surface area contributed by atoms with Crippen LogP contribution in [0, 0.1) is 29.4 Å². The molecule has 0 aliphatic carbocycles. The highest BCUT2D eigenvalue weighted by molar-refractivity contribution is 5.89. The van der Waals surface area contributed by atoms with Gasteiger partial charge in [-0.05, 0) is 18.1 Å². The molecule has 0 saturated carbocycles. The van der Waals surface area contributed by atoms with Gasteiger partial charge in [0.1, 0.15) is 0 Å². The minimum absolute atomic E-state index is 0.507. The third-order valence-corrected chi connectivity index (χ3v) is 2.87. The zero-order valence-corrected chi connectivity index (χ0v) is 11.4. The molecular formula is C14H10F5NO2. The van der Waals surface area contributed by atoms with Gasteiger partial charge in [-0.3, -0.25) is 5.32 Å². The number of amides is 1. The van der Waals surface area contributed by atoms with Crippen molar-refractivity contribution < 1.29 is 31.5 Å². The van der Waals surface area contributed by atoms with Crippen LogP contribution >= 0.6 is 0 Å². The normalized spacial score (nSPS) is 20.6. The number of rotatable bonds is 0. The molecule has 1 amide bonds. The molecule has 2 rings (SSSR count). The van der Waals surface area contributed by atoms with Gasteiger partial charge in [-0.15, -0.1) is 0 Å². The summed E-state index contributed by atoms with van der Waals surface area (Å²) < 4.78 is 72.2. The molecule has 1 aliphatic rings. The van der Waals surface area contributed by atoms with Gasteiger partial charge in [-0.25, -0.2) is 13.6 Å². The second kappa shape index (κ2) is 5.16. The summed E-state index contributed by atoms with van der Waals surface area (Å²) in [6, 6.07) is 1.43. The van der Waals surface area contributed by atoms with Crippen LogP contribution in [0.15, 0.2) is 12.1 Å². The average molecular weight is 319 g/mol. The maximum Gasteiger partial charge on any atom is 0.445 e. The fourth-order valence-corrected chi connectivity index (χ4v) is 1.93. The molecule has 0 spiro atoms. The second-order valence-corrected chi connectivity index (χ2v) is 4.90. The molecule has 118 valence electrons. The molecule has 1 unspecified atom stereocenters. The van der Waals surface area contributed by atoms with Crippen LogP contribution in [0.25, 0.3) is 0 Å². The van der Waals surface area contributed by atoms with Crippen LogP contribution in [0.3, 0.4) is 0 Å². The van der Waals surface area contributed by atoms with E-state index in [-0.39, 0.29) is 0 Å². The van der Waals surface area contributed by atoms with Crippen LogP contribution in [0.4, 0.5) is 32.4 Å². The Labute approximate surface area is 122 Å². The Bertz CT molecular complexity index is 687. The van der Waals surface area contributed by atoms with E-state index in [9.17, 15) is 26.7 Å². The van der Waals surface area contributed by atoms with Crippen molar-refractivity contribution in [2.24, 2.45) is 5.92 Å². The summed E-state index contributed by atoms with van der Waals surface area (Å²) in [7, 11) is 0. The molecule has 1 heterocycles. The minimum Gasteiger partial charge on any atom is -0.415 e. The number of halogens is 5. The van der Waals surface area contributed by atoms with Crippen LogP contribution in [-0.2, 0) is 10.3 Å². The first-order chi connectivity index (χ1) is 10.1. The monoisotopic (exact) mass is 319 g/mol. The quantitative estimate of drug-likeness (QED) is 0.581. The summed E-state index contributed by atoms with van der Waals surface area (Å²) in [6.45, 7) is 3.01. The fraction of sp³-hybridized carbons (Fsp3) is 0.357. The lowest BCUT2D eigenvalue weighted by Gasteiger charge is -2.35. The Hall–Kier alpha value is -2.30. The Morgan fingerprint density at radius 2 is 1.91 bits per heavy atom. The van der Waals surface area contributed by atoms with Crippen molar-refractivity contribution in [3.8, 4) is 11.8 Å². The number of alkyl halides is 3. The van der Waals surface area contributed by atoms with Crippen molar-refractivity contribution in [3.63, 3.8) is 0 Å².